The number of thiazole rings is 1. The first-order chi connectivity index (χ1) is 8.56. The second-order valence-corrected chi connectivity index (χ2v) is 4.85. The van der Waals surface area contributed by atoms with Crippen molar-refractivity contribution >= 4 is 28.3 Å². The third-order valence-electron chi connectivity index (χ3n) is 2.21. The zero-order valence-corrected chi connectivity index (χ0v) is 10.3. The molecule has 0 aliphatic rings. The van der Waals surface area contributed by atoms with E-state index in [4.69, 9.17) is 5.11 Å². The van der Waals surface area contributed by atoms with Gasteiger partial charge in [-0.05, 0) is 25.1 Å². The fourth-order valence-corrected chi connectivity index (χ4v) is 2.03. The summed E-state index contributed by atoms with van der Waals surface area (Å²) in [6, 6.07) is 5.86. The topological polar surface area (TPSA) is 79.3 Å². The Bertz CT molecular complexity index is 607. The summed E-state index contributed by atoms with van der Waals surface area (Å²) < 4.78 is 0. The zero-order valence-electron chi connectivity index (χ0n) is 9.51. The van der Waals surface area contributed by atoms with Gasteiger partial charge in [0.05, 0.1) is 5.56 Å². The fraction of sp³-hybridized carbons (Fsp3) is 0.0833. The average Bonchev–Trinajstić information content (AvgIpc) is 2.75. The molecule has 92 valence electrons. The molecule has 0 aliphatic carbocycles. The van der Waals surface area contributed by atoms with Gasteiger partial charge >= 0.3 is 5.97 Å². The summed E-state index contributed by atoms with van der Waals surface area (Å²) in [5.41, 5.74) is 0.376. The molecule has 0 spiro atoms. The number of aromatic carboxylic acids is 1. The highest BCUT2D eigenvalue weighted by atomic mass is 32.1. The van der Waals surface area contributed by atoms with Crippen molar-refractivity contribution < 1.29 is 14.7 Å². The molecule has 2 aromatic rings. The lowest BCUT2D eigenvalue weighted by molar-refractivity contribution is 0.0697. The maximum Gasteiger partial charge on any atom is 0.335 e. The number of carbonyl (C=O) groups is 2. The number of aromatic nitrogens is 1. The van der Waals surface area contributed by atoms with Crippen molar-refractivity contribution in [2.24, 2.45) is 0 Å². The van der Waals surface area contributed by atoms with E-state index in [-0.39, 0.29) is 11.5 Å². The molecule has 1 aromatic carbocycles. The molecule has 0 saturated heterocycles. The molecule has 1 heterocycles. The van der Waals surface area contributed by atoms with Crippen LogP contribution in [0.4, 0.5) is 5.13 Å². The first-order valence-electron chi connectivity index (χ1n) is 5.13. The molecule has 18 heavy (non-hydrogen) atoms. The maximum absolute atomic E-state index is 11.9. The summed E-state index contributed by atoms with van der Waals surface area (Å²) in [6.07, 6.45) is 1.66. The number of carboxylic acid groups (broad SMARTS) is 1. The lowest BCUT2D eigenvalue weighted by atomic mass is 10.1. The molecule has 0 atom stereocenters. The standard InChI is InChI=1S/C12H10N2O3S/c1-7-6-13-12(18-7)14-10(15)8-3-2-4-9(5-8)11(16)17/h2-6H,1H3,(H,16,17)(H,13,14,15). The molecule has 0 bridgehead atoms. The van der Waals surface area contributed by atoms with Crippen LogP contribution in [0.15, 0.2) is 30.5 Å². The number of amides is 1. The van der Waals surface area contributed by atoms with E-state index < -0.39 is 5.97 Å². The van der Waals surface area contributed by atoms with Gasteiger partial charge in [-0.25, -0.2) is 9.78 Å². The molecule has 0 saturated carbocycles. The van der Waals surface area contributed by atoms with Crippen LogP contribution in [0.2, 0.25) is 0 Å². The first-order valence-corrected chi connectivity index (χ1v) is 5.95. The minimum absolute atomic E-state index is 0.0815. The fourth-order valence-electron chi connectivity index (χ4n) is 1.38. The number of rotatable bonds is 3. The van der Waals surface area contributed by atoms with Gasteiger partial charge in [-0.3, -0.25) is 10.1 Å². The lowest BCUT2D eigenvalue weighted by Gasteiger charge is -2.02. The lowest BCUT2D eigenvalue weighted by Crippen LogP contribution is -2.12. The van der Waals surface area contributed by atoms with Crippen LogP contribution >= 0.6 is 11.3 Å². The van der Waals surface area contributed by atoms with Gasteiger partial charge in [0.15, 0.2) is 5.13 Å². The number of carbonyl (C=O) groups excluding carboxylic acids is 1. The minimum atomic E-state index is -1.06. The summed E-state index contributed by atoms with van der Waals surface area (Å²) >= 11 is 1.36. The highest BCUT2D eigenvalue weighted by Crippen LogP contribution is 2.17. The van der Waals surface area contributed by atoms with E-state index in [2.05, 4.69) is 10.3 Å². The molecule has 2 N–H and O–H groups in total. The van der Waals surface area contributed by atoms with Crippen molar-refractivity contribution in [3.05, 3.63) is 46.5 Å². The first kappa shape index (κ1) is 12.3. The molecule has 0 fully saturated rings. The van der Waals surface area contributed by atoms with Crippen LogP contribution in [-0.4, -0.2) is 22.0 Å². The summed E-state index contributed by atoms with van der Waals surface area (Å²) in [5.74, 6) is -1.43. The van der Waals surface area contributed by atoms with Gasteiger partial charge < -0.3 is 5.11 Å². The van der Waals surface area contributed by atoms with E-state index in [0.29, 0.717) is 10.7 Å². The van der Waals surface area contributed by atoms with Crippen molar-refractivity contribution in [1.82, 2.24) is 4.98 Å². The third kappa shape index (κ3) is 2.72. The zero-order chi connectivity index (χ0) is 13.1. The van der Waals surface area contributed by atoms with Crippen LogP contribution in [0.5, 0.6) is 0 Å². The molecule has 1 amide bonds. The highest BCUT2D eigenvalue weighted by molar-refractivity contribution is 7.15. The second-order valence-electron chi connectivity index (χ2n) is 3.62. The van der Waals surface area contributed by atoms with Gasteiger partial charge in [0.2, 0.25) is 0 Å². The van der Waals surface area contributed by atoms with E-state index in [1.54, 1.807) is 12.3 Å². The number of aryl methyl sites for hydroxylation is 1. The third-order valence-corrected chi connectivity index (χ3v) is 3.04. The SMILES string of the molecule is Cc1cnc(NC(=O)c2cccc(C(=O)O)c2)s1. The predicted molar refractivity (Wildman–Crippen MR) is 68.2 cm³/mol. The Morgan fingerprint density at radius 3 is 2.67 bits per heavy atom. The van der Waals surface area contributed by atoms with Crippen LogP contribution in [0, 0.1) is 6.92 Å². The molecule has 0 unspecified atom stereocenters. The summed E-state index contributed by atoms with van der Waals surface area (Å²) in [5, 5.41) is 12.0. The maximum atomic E-state index is 11.9. The Kier molecular flexibility index (Phi) is 3.38. The number of carboxylic acids is 1. The predicted octanol–water partition coefficient (Wildman–Crippen LogP) is 2.40. The normalized spacial score (nSPS) is 10.1. The summed E-state index contributed by atoms with van der Waals surface area (Å²) in [7, 11) is 0. The van der Waals surface area contributed by atoms with Gasteiger partial charge in [0.25, 0.3) is 5.91 Å². The molecule has 1 aromatic heterocycles. The monoisotopic (exact) mass is 262 g/mol. The molecular formula is C12H10N2O3S. The van der Waals surface area contributed by atoms with Crippen LogP contribution in [0.1, 0.15) is 25.6 Å². The quantitative estimate of drug-likeness (QED) is 0.890. The Balaban J connectivity index is 2.18. The van der Waals surface area contributed by atoms with E-state index in [9.17, 15) is 9.59 Å². The molecule has 6 heteroatoms. The Morgan fingerprint density at radius 2 is 2.06 bits per heavy atom. The number of benzene rings is 1. The molecule has 0 radical (unpaired) electrons. The van der Waals surface area contributed by atoms with Crippen LogP contribution in [0.3, 0.4) is 0 Å². The number of nitrogens with one attached hydrogen (secondary N) is 1. The summed E-state index contributed by atoms with van der Waals surface area (Å²) in [6.45, 7) is 1.89. The van der Waals surface area contributed by atoms with Gasteiger partial charge in [-0.2, -0.15) is 0 Å². The number of nitrogens with zero attached hydrogens (tertiary/aromatic N) is 1. The smallest absolute Gasteiger partial charge is 0.335 e. The van der Waals surface area contributed by atoms with Gasteiger partial charge in [-0.1, -0.05) is 6.07 Å². The van der Waals surface area contributed by atoms with Crippen molar-refractivity contribution in [2.45, 2.75) is 6.92 Å². The molecule has 0 aliphatic heterocycles. The van der Waals surface area contributed by atoms with E-state index in [1.165, 1.54) is 29.5 Å². The van der Waals surface area contributed by atoms with Crippen LogP contribution < -0.4 is 5.32 Å². The van der Waals surface area contributed by atoms with Gasteiger partial charge in [-0.15, -0.1) is 11.3 Å². The number of anilines is 1. The number of hydrogen-bond donors (Lipinski definition) is 2. The number of hydrogen-bond acceptors (Lipinski definition) is 4. The Hall–Kier alpha value is -2.21. The van der Waals surface area contributed by atoms with Crippen molar-refractivity contribution in [1.29, 1.82) is 0 Å². The largest absolute Gasteiger partial charge is 0.478 e. The van der Waals surface area contributed by atoms with Crippen LogP contribution in [0.25, 0.3) is 0 Å². The average molecular weight is 262 g/mol. The van der Waals surface area contributed by atoms with Crippen molar-refractivity contribution in [3.63, 3.8) is 0 Å². The van der Waals surface area contributed by atoms with E-state index in [1.807, 2.05) is 6.92 Å². The molecular weight excluding hydrogens is 252 g/mol. The van der Waals surface area contributed by atoms with Gasteiger partial charge in [0.1, 0.15) is 0 Å². The second kappa shape index (κ2) is 4.97. The Morgan fingerprint density at radius 1 is 1.33 bits per heavy atom. The van der Waals surface area contributed by atoms with Crippen LogP contribution in [-0.2, 0) is 0 Å². The van der Waals surface area contributed by atoms with E-state index in [0.717, 1.165) is 4.88 Å². The molecule has 5 nitrogen and oxygen atoms in total. The van der Waals surface area contributed by atoms with Crippen molar-refractivity contribution in [2.75, 3.05) is 5.32 Å². The molecule has 2 rings (SSSR count). The summed E-state index contributed by atoms with van der Waals surface area (Å²) in [4.78, 5) is 27.7. The van der Waals surface area contributed by atoms with Gasteiger partial charge in [0, 0.05) is 16.6 Å². The van der Waals surface area contributed by atoms with Crippen molar-refractivity contribution in [3.8, 4) is 0 Å². The highest BCUT2D eigenvalue weighted by Gasteiger charge is 2.10. The minimum Gasteiger partial charge on any atom is -0.478 e. The Labute approximate surface area is 107 Å². The van der Waals surface area contributed by atoms with E-state index >= 15 is 0 Å².